The number of nitrogens with one attached hydrogen (secondary N) is 1. The lowest BCUT2D eigenvalue weighted by Gasteiger charge is -2.14. The van der Waals surface area contributed by atoms with Crippen molar-refractivity contribution in [3.05, 3.63) is 81.3 Å². The molecule has 3 aromatic rings. The maximum Gasteiger partial charge on any atom is 0.416 e. The maximum absolute atomic E-state index is 13.1. The van der Waals surface area contributed by atoms with E-state index in [1.807, 2.05) is 20.8 Å². The van der Waals surface area contributed by atoms with Crippen molar-refractivity contribution < 1.29 is 21.6 Å². The molecule has 0 aliphatic rings. The first-order valence-corrected chi connectivity index (χ1v) is 11.4. The van der Waals surface area contributed by atoms with E-state index in [-0.39, 0.29) is 21.9 Å². The molecule has 0 bridgehead atoms. The Morgan fingerprint density at radius 3 is 2.16 bits per heavy atom. The third-order valence-corrected chi connectivity index (χ3v) is 6.76. The van der Waals surface area contributed by atoms with E-state index in [2.05, 4.69) is 4.72 Å². The van der Waals surface area contributed by atoms with Gasteiger partial charge in [0.25, 0.3) is 5.56 Å². The van der Waals surface area contributed by atoms with Crippen molar-refractivity contribution in [3.8, 4) is 5.69 Å². The molecule has 0 atom stereocenters. The molecule has 32 heavy (non-hydrogen) atoms. The van der Waals surface area contributed by atoms with Crippen LogP contribution >= 0.6 is 0 Å². The highest BCUT2D eigenvalue weighted by Crippen LogP contribution is 2.32. The van der Waals surface area contributed by atoms with Crippen LogP contribution in [0.4, 0.5) is 13.2 Å². The summed E-state index contributed by atoms with van der Waals surface area (Å²) in [6.07, 6.45) is -4.58. The van der Waals surface area contributed by atoms with Crippen molar-refractivity contribution >= 4 is 10.0 Å². The first-order valence-electron chi connectivity index (χ1n) is 9.88. The van der Waals surface area contributed by atoms with Gasteiger partial charge >= 0.3 is 6.18 Å². The zero-order valence-corrected chi connectivity index (χ0v) is 18.9. The van der Waals surface area contributed by atoms with Gasteiger partial charge < -0.3 is 0 Å². The van der Waals surface area contributed by atoms with Gasteiger partial charge in [-0.15, -0.1) is 0 Å². The summed E-state index contributed by atoms with van der Waals surface area (Å²) in [6, 6.07) is 10.4. The minimum atomic E-state index is -4.58. The summed E-state index contributed by atoms with van der Waals surface area (Å²) in [7, 11) is -2.32. The molecule has 0 saturated heterocycles. The first-order chi connectivity index (χ1) is 14.8. The van der Waals surface area contributed by atoms with Gasteiger partial charge in [0.05, 0.1) is 16.1 Å². The summed E-state index contributed by atoms with van der Waals surface area (Å²) in [6.45, 7) is 5.18. The Hall–Kier alpha value is -2.85. The Bertz CT molecular complexity index is 1290. The smallest absolute Gasteiger partial charge is 0.285 e. The van der Waals surface area contributed by atoms with Crippen molar-refractivity contribution in [2.24, 2.45) is 7.05 Å². The molecule has 0 spiro atoms. The van der Waals surface area contributed by atoms with Gasteiger partial charge in [0, 0.05) is 24.8 Å². The Kier molecular flexibility index (Phi) is 6.39. The zero-order valence-electron chi connectivity index (χ0n) is 18.1. The number of alkyl halides is 3. The van der Waals surface area contributed by atoms with Gasteiger partial charge in [0.2, 0.25) is 10.0 Å². The minimum absolute atomic E-state index is 0.0263. The van der Waals surface area contributed by atoms with E-state index in [0.29, 0.717) is 11.3 Å². The standard InChI is InChI=1S/C22H24F3N3O3S/c1-14(2)20-15(3)27(4)28(21(20)29)17-9-11-18(12-10-17)32(30,31)26-13-16-7-5-6-8-19(16)22(23,24)25/h5-12,14,26H,13H2,1-4H3. The molecule has 0 amide bonds. The van der Waals surface area contributed by atoms with Gasteiger partial charge in [-0.2, -0.15) is 13.2 Å². The molecule has 3 rings (SSSR count). The Morgan fingerprint density at radius 1 is 1.03 bits per heavy atom. The molecular formula is C22H24F3N3O3S. The molecule has 2 aromatic carbocycles. The van der Waals surface area contributed by atoms with Crippen LogP contribution in [0, 0.1) is 6.92 Å². The fourth-order valence-electron chi connectivity index (χ4n) is 3.66. The third kappa shape index (κ3) is 4.51. The van der Waals surface area contributed by atoms with Gasteiger partial charge in [0.1, 0.15) is 0 Å². The summed E-state index contributed by atoms with van der Waals surface area (Å²) in [4.78, 5) is 12.7. The molecule has 1 heterocycles. The fraction of sp³-hybridized carbons (Fsp3) is 0.318. The van der Waals surface area contributed by atoms with Crippen LogP contribution in [0.2, 0.25) is 0 Å². The molecule has 6 nitrogen and oxygen atoms in total. The van der Waals surface area contributed by atoms with E-state index in [4.69, 9.17) is 0 Å². The predicted molar refractivity (Wildman–Crippen MR) is 115 cm³/mol. The molecule has 0 unspecified atom stereocenters. The number of hydrogen-bond donors (Lipinski definition) is 1. The van der Waals surface area contributed by atoms with E-state index in [0.717, 1.165) is 11.8 Å². The number of rotatable bonds is 6. The second kappa shape index (κ2) is 8.59. The molecule has 0 fully saturated rings. The molecule has 0 radical (unpaired) electrons. The van der Waals surface area contributed by atoms with Crippen LogP contribution in [-0.4, -0.2) is 17.8 Å². The van der Waals surface area contributed by atoms with Gasteiger partial charge in [-0.05, 0) is 48.7 Å². The highest BCUT2D eigenvalue weighted by molar-refractivity contribution is 7.89. The highest BCUT2D eigenvalue weighted by atomic mass is 32.2. The first kappa shape index (κ1) is 23.8. The Morgan fingerprint density at radius 2 is 1.62 bits per heavy atom. The van der Waals surface area contributed by atoms with E-state index in [9.17, 15) is 26.4 Å². The largest absolute Gasteiger partial charge is 0.416 e. The summed E-state index contributed by atoms with van der Waals surface area (Å²) < 4.78 is 70.0. The summed E-state index contributed by atoms with van der Waals surface area (Å²) >= 11 is 0. The Balaban J connectivity index is 1.87. The molecule has 0 aliphatic heterocycles. The number of sulfonamides is 1. The van der Waals surface area contributed by atoms with E-state index < -0.39 is 28.3 Å². The van der Waals surface area contributed by atoms with E-state index in [1.165, 1.54) is 47.1 Å². The topological polar surface area (TPSA) is 73.1 Å². The molecule has 10 heteroatoms. The van der Waals surface area contributed by atoms with Gasteiger partial charge in [-0.1, -0.05) is 32.0 Å². The van der Waals surface area contributed by atoms with Crippen LogP contribution in [0.3, 0.4) is 0 Å². The molecule has 0 aliphatic carbocycles. The Labute approximate surface area is 184 Å². The average molecular weight is 468 g/mol. The predicted octanol–water partition coefficient (Wildman–Crippen LogP) is 4.11. The van der Waals surface area contributed by atoms with Gasteiger partial charge in [-0.25, -0.2) is 17.8 Å². The lowest BCUT2D eigenvalue weighted by atomic mass is 10.0. The van der Waals surface area contributed by atoms with Crippen molar-refractivity contribution in [1.82, 2.24) is 14.1 Å². The van der Waals surface area contributed by atoms with Crippen molar-refractivity contribution in [1.29, 1.82) is 0 Å². The number of hydrogen-bond acceptors (Lipinski definition) is 3. The van der Waals surface area contributed by atoms with Gasteiger partial charge in [0.15, 0.2) is 0 Å². The fourth-order valence-corrected chi connectivity index (χ4v) is 4.66. The summed E-state index contributed by atoms with van der Waals surface area (Å²) in [5.41, 5.74) is 0.719. The van der Waals surface area contributed by atoms with Crippen molar-refractivity contribution in [2.75, 3.05) is 0 Å². The quantitative estimate of drug-likeness (QED) is 0.593. The minimum Gasteiger partial charge on any atom is -0.285 e. The van der Waals surface area contributed by atoms with Crippen LogP contribution in [0.25, 0.3) is 5.69 Å². The highest BCUT2D eigenvalue weighted by Gasteiger charge is 2.33. The van der Waals surface area contributed by atoms with Crippen LogP contribution in [0.15, 0.2) is 58.2 Å². The maximum atomic E-state index is 13.1. The van der Waals surface area contributed by atoms with E-state index in [1.54, 1.807) is 11.7 Å². The number of halogens is 3. The third-order valence-electron chi connectivity index (χ3n) is 5.34. The second-order valence-corrected chi connectivity index (χ2v) is 9.53. The summed E-state index contributed by atoms with van der Waals surface area (Å²) in [5, 5.41) is 0. The monoisotopic (exact) mass is 467 g/mol. The van der Waals surface area contributed by atoms with Crippen molar-refractivity contribution in [2.45, 2.75) is 44.3 Å². The number of aromatic nitrogens is 2. The number of benzene rings is 2. The molecule has 0 saturated carbocycles. The lowest BCUT2D eigenvalue weighted by molar-refractivity contribution is -0.138. The van der Waals surface area contributed by atoms with Crippen LogP contribution in [0.5, 0.6) is 0 Å². The molecular weight excluding hydrogens is 443 g/mol. The second-order valence-electron chi connectivity index (χ2n) is 7.77. The molecule has 1 N–H and O–H groups in total. The van der Waals surface area contributed by atoms with Crippen LogP contribution in [-0.2, 0) is 29.8 Å². The molecule has 172 valence electrons. The SMILES string of the molecule is Cc1c(C(C)C)c(=O)n(-c2ccc(S(=O)(=O)NCc3ccccc3C(F)(F)F)cc2)n1C. The van der Waals surface area contributed by atoms with Crippen LogP contribution < -0.4 is 10.3 Å². The van der Waals surface area contributed by atoms with Gasteiger partial charge in [-0.3, -0.25) is 9.48 Å². The normalized spacial score (nSPS) is 12.5. The van der Waals surface area contributed by atoms with E-state index >= 15 is 0 Å². The number of nitrogens with zero attached hydrogens (tertiary/aromatic N) is 2. The summed E-state index contributed by atoms with van der Waals surface area (Å²) in [5.74, 6) is 0.0263. The lowest BCUT2D eigenvalue weighted by Crippen LogP contribution is -2.25. The van der Waals surface area contributed by atoms with Crippen molar-refractivity contribution in [3.63, 3.8) is 0 Å². The van der Waals surface area contributed by atoms with Crippen LogP contribution in [0.1, 0.15) is 42.1 Å². The zero-order chi connectivity index (χ0) is 23.8. The molecule has 1 aromatic heterocycles. The average Bonchev–Trinajstić information content (AvgIpc) is 2.94.